The van der Waals surface area contributed by atoms with Crippen LogP contribution in [0.5, 0.6) is 0 Å². The van der Waals surface area contributed by atoms with Gasteiger partial charge in [-0.05, 0) is 0 Å². The molecule has 0 aromatic heterocycles. The summed E-state index contributed by atoms with van der Waals surface area (Å²) in [4.78, 5) is 18.3. The van der Waals surface area contributed by atoms with Crippen molar-refractivity contribution < 1.29 is 10.2 Å². The molecule has 0 spiro atoms. The van der Waals surface area contributed by atoms with E-state index in [0.29, 0.717) is 0 Å². The van der Waals surface area contributed by atoms with E-state index < -0.39 is 0 Å². The Hall–Kier alpha value is -1.04. The Balaban J connectivity index is 0. The summed E-state index contributed by atoms with van der Waals surface area (Å²) in [7, 11) is 0. The lowest BCUT2D eigenvalue weighted by Crippen LogP contribution is -1.56. The first-order chi connectivity index (χ1) is 2.91. The molecule has 0 aliphatic carbocycles. The summed E-state index contributed by atoms with van der Waals surface area (Å²) in [6.07, 6.45) is 0. The first kappa shape index (κ1) is 8.88. The third-order valence-corrected chi connectivity index (χ3v) is 0.0333. The third-order valence-electron chi connectivity index (χ3n) is 0.0333. The normalized spacial score (nSPS) is 4.17. The second-order valence-electron chi connectivity index (χ2n) is 0.156. The molecule has 0 saturated carbocycles. The molecule has 0 aromatic rings. The molecule has 0 heterocycles. The number of rotatable bonds is 1. The summed E-state index contributed by atoms with van der Waals surface area (Å²) in [5.41, 5.74) is 5.75. The van der Waals surface area contributed by atoms with Crippen molar-refractivity contribution in [3.05, 3.63) is 9.81 Å². The van der Waals surface area contributed by atoms with Crippen LogP contribution in [0.15, 0.2) is 5.34 Å². The van der Waals surface area contributed by atoms with Crippen LogP contribution in [0.3, 0.4) is 0 Å². The second-order valence-corrected chi connectivity index (χ2v) is 0.156. The SMILES string of the molecule is O=NOO.[N+]=O. The predicted octanol–water partition coefficient (Wildman–Crippen LogP) is -0.290. The molecule has 0 bridgehead atoms. The molecule has 34 valence electrons. The molecule has 0 aliphatic rings. The van der Waals surface area contributed by atoms with Crippen molar-refractivity contribution in [1.82, 2.24) is 5.59 Å². The highest BCUT2D eigenvalue weighted by Crippen LogP contribution is 1.51. The molecular weight excluding hydrogens is 92.0 g/mol. The molecule has 6 heavy (non-hydrogen) atoms. The van der Waals surface area contributed by atoms with Crippen molar-refractivity contribution in [2.75, 3.05) is 0 Å². The van der Waals surface area contributed by atoms with Gasteiger partial charge in [0.05, 0.1) is 0 Å². The van der Waals surface area contributed by atoms with Crippen LogP contribution in [0.4, 0.5) is 0 Å². The summed E-state index contributed by atoms with van der Waals surface area (Å²) < 4.78 is 0. The van der Waals surface area contributed by atoms with E-state index in [-0.39, 0.29) is 0 Å². The van der Waals surface area contributed by atoms with Crippen LogP contribution in [-0.4, -0.2) is 5.26 Å². The van der Waals surface area contributed by atoms with Crippen molar-refractivity contribution in [2.45, 2.75) is 0 Å². The van der Waals surface area contributed by atoms with Crippen molar-refractivity contribution in [3.63, 3.8) is 0 Å². The van der Waals surface area contributed by atoms with Crippen molar-refractivity contribution >= 4 is 0 Å². The van der Waals surface area contributed by atoms with Crippen LogP contribution < -0.4 is 5.59 Å². The Morgan fingerprint density at radius 2 is 1.83 bits per heavy atom. The van der Waals surface area contributed by atoms with Crippen LogP contribution in [0, 0.1) is 9.81 Å². The smallest absolute Gasteiger partial charge is 0.184 e. The molecule has 0 atom stereocenters. The van der Waals surface area contributed by atoms with Gasteiger partial charge in [-0.3, -0.25) is 0 Å². The van der Waals surface area contributed by atoms with Crippen LogP contribution in [0.1, 0.15) is 0 Å². The molecule has 0 aliphatic heterocycles. The zero-order valence-electron chi connectivity index (χ0n) is 2.57. The lowest BCUT2D eigenvalue weighted by Gasteiger charge is -1.59. The van der Waals surface area contributed by atoms with Gasteiger partial charge in [-0.1, -0.05) is 0 Å². The van der Waals surface area contributed by atoms with Gasteiger partial charge in [0.15, 0.2) is 10.2 Å². The molecule has 0 unspecified atom stereocenters. The minimum Gasteiger partial charge on any atom is -0.184 e. The average Bonchev–Trinajstić information content (AvgIpc) is 1.72. The van der Waals surface area contributed by atoms with Gasteiger partial charge in [0.2, 0.25) is 0 Å². The van der Waals surface area contributed by atoms with Crippen molar-refractivity contribution in [1.29, 1.82) is 0 Å². The zero-order chi connectivity index (χ0) is 5.41. The van der Waals surface area contributed by atoms with E-state index in [2.05, 4.69) is 4.99 Å². The highest BCUT2D eigenvalue weighted by Gasteiger charge is 1.47. The van der Waals surface area contributed by atoms with Gasteiger partial charge < -0.3 is 0 Å². The van der Waals surface area contributed by atoms with Gasteiger partial charge in [-0.15, -0.1) is 4.91 Å². The van der Waals surface area contributed by atoms with E-state index in [1.165, 1.54) is 0 Å². The minimum atomic E-state index is 1.54. The summed E-state index contributed by atoms with van der Waals surface area (Å²) in [6.45, 7) is 0. The Bertz CT molecular complexity index is 26.7. The van der Waals surface area contributed by atoms with E-state index in [1.54, 1.807) is 5.34 Å². The molecular formula is HN2O4+. The molecule has 0 aromatic carbocycles. The van der Waals surface area contributed by atoms with Gasteiger partial charge in [-0.25, -0.2) is 0 Å². The Kier molecular flexibility index (Phi) is 55.7. The van der Waals surface area contributed by atoms with Crippen molar-refractivity contribution in [2.24, 2.45) is 5.34 Å². The molecule has 6 nitrogen and oxygen atoms in total. The van der Waals surface area contributed by atoms with E-state index in [0.717, 1.165) is 0 Å². The van der Waals surface area contributed by atoms with E-state index in [4.69, 9.17) is 20.7 Å². The van der Waals surface area contributed by atoms with E-state index >= 15 is 0 Å². The fourth-order valence-electron chi connectivity index (χ4n) is 0. The highest BCUT2D eigenvalue weighted by molar-refractivity contribution is 3.86. The van der Waals surface area contributed by atoms with E-state index in [1.807, 2.05) is 0 Å². The molecule has 0 fully saturated rings. The van der Waals surface area contributed by atoms with Crippen LogP contribution in [0.25, 0.3) is 0 Å². The lowest BCUT2D eigenvalue weighted by atomic mass is 13.4. The van der Waals surface area contributed by atoms with Crippen LogP contribution >= 0.6 is 0 Å². The van der Waals surface area contributed by atoms with Crippen LogP contribution in [-0.2, 0) is 4.99 Å². The van der Waals surface area contributed by atoms with E-state index in [9.17, 15) is 0 Å². The predicted molar refractivity (Wildman–Crippen MR) is 15.0 cm³/mol. The first-order valence-electron chi connectivity index (χ1n) is 0.730. The molecule has 0 amide bonds. The Labute approximate surface area is 32.4 Å². The number of nitroso groups, excluding NO2 is 1. The molecule has 1 N–H and O–H groups in total. The maximum absolute atomic E-state index is 8.45. The molecule has 2 radical (unpaired) electrons. The van der Waals surface area contributed by atoms with Gasteiger partial charge in [0, 0.05) is 0 Å². The number of nitrogens with zero attached hydrogens (tertiary/aromatic N) is 2. The zero-order valence-corrected chi connectivity index (χ0v) is 2.57. The van der Waals surface area contributed by atoms with Crippen LogP contribution in [0.2, 0.25) is 0 Å². The standard InChI is InChI=1S/HNO3.NO/c2-1-4-3;1-2/h3H;/q;+1. The maximum Gasteiger partial charge on any atom is 0.813 e. The monoisotopic (exact) mass is 93.0 g/mol. The van der Waals surface area contributed by atoms with Crippen molar-refractivity contribution in [3.8, 4) is 0 Å². The third kappa shape index (κ3) is 7110. The largest absolute Gasteiger partial charge is 0.813 e. The lowest BCUT2D eigenvalue weighted by molar-refractivity contribution is -0.245. The molecule has 6 heteroatoms. The van der Waals surface area contributed by atoms with Gasteiger partial charge >= 0.3 is 5.59 Å². The summed E-state index contributed by atoms with van der Waals surface area (Å²) in [5, 5.41) is 8.44. The van der Waals surface area contributed by atoms with Gasteiger partial charge in [0.25, 0.3) is 0 Å². The Morgan fingerprint density at radius 3 is 1.83 bits per heavy atom. The summed E-state index contributed by atoms with van der Waals surface area (Å²) in [6, 6.07) is 0. The first-order valence-corrected chi connectivity index (χ1v) is 0.730. The molecule has 0 rings (SSSR count). The quantitative estimate of drug-likeness (QED) is 0.273. The average molecular weight is 93.0 g/mol. The summed E-state index contributed by atoms with van der Waals surface area (Å²) >= 11 is 0. The highest BCUT2D eigenvalue weighted by atomic mass is 17.2. The number of hydrogen-bond donors (Lipinski definition) is 1. The van der Waals surface area contributed by atoms with Gasteiger partial charge in [0.1, 0.15) is 0 Å². The summed E-state index contributed by atoms with van der Waals surface area (Å²) in [5.74, 6) is 0. The topological polar surface area (TPSA) is 98.3 Å². The maximum atomic E-state index is 8.45. The fraction of sp³-hybridized carbons (Fsp3) is 0. The Morgan fingerprint density at radius 1 is 1.67 bits per heavy atom. The minimum absolute atomic E-state index is 1.54. The van der Waals surface area contributed by atoms with Gasteiger partial charge in [-0.2, -0.15) is 10.2 Å². The second kappa shape index (κ2) is 37.6. The number of hydrogen-bond acceptors (Lipinski definition) is 5. The molecule has 0 saturated heterocycles. The fourth-order valence-corrected chi connectivity index (χ4v) is 0.